The zero-order valence-corrected chi connectivity index (χ0v) is 16.9. The van der Waals surface area contributed by atoms with Crippen molar-refractivity contribution in [1.82, 2.24) is 4.57 Å². The first-order valence-corrected chi connectivity index (χ1v) is 9.76. The van der Waals surface area contributed by atoms with Crippen LogP contribution in [0.15, 0.2) is 51.9 Å². The largest absolute Gasteiger partial charge is 0.465 e. The summed E-state index contributed by atoms with van der Waals surface area (Å²) in [4.78, 5) is 29.2. The predicted molar refractivity (Wildman–Crippen MR) is 105 cm³/mol. The van der Waals surface area contributed by atoms with Crippen LogP contribution in [-0.4, -0.2) is 23.1 Å². The van der Waals surface area contributed by atoms with Crippen molar-refractivity contribution in [2.75, 3.05) is 6.61 Å². The standard InChI is InChI=1S/C18H14BrClN2O3S/c1-2-25-15(23)10-22-16-13(20)7-4-8-14(16)26-18(22)21-17(24)11-5-3-6-12(19)9-11/h3-9H,2,10H2,1H3. The van der Waals surface area contributed by atoms with Gasteiger partial charge in [0.1, 0.15) is 6.54 Å². The quantitative estimate of drug-likeness (QED) is 0.549. The molecule has 1 aromatic heterocycles. The number of amides is 1. The van der Waals surface area contributed by atoms with Gasteiger partial charge in [0.25, 0.3) is 5.91 Å². The van der Waals surface area contributed by atoms with Gasteiger partial charge < -0.3 is 9.30 Å². The fourth-order valence-electron chi connectivity index (χ4n) is 2.43. The van der Waals surface area contributed by atoms with Crippen LogP contribution < -0.4 is 4.80 Å². The van der Waals surface area contributed by atoms with Gasteiger partial charge in [0.2, 0.25) is 0 Å². The van der Waals surface area contributed by atoms with Gasteiger partial charge in [-0.3, -0.25) is 9.59 Å². The maximum Gasteiger partial charge on any atom is 0.326 e. The summed E-state index contributed by atoms with van der Waals surface area (Å²) in [6, 6.07) is 12.4. The Morgan fingerprint density at radius 2 is 2.04 bits per heavy atom. The third-order valence-corrected chi connectivity index (χ3v) is 5.35. The maximum atomic E-state index is 12.5. The van der Waals surface area contributed by atoms with Crippen LogP contribution in [0.25, 0.3) is 10.2 Å². The van der Waals surface area contributed by atoms with Crippen molar-refractivity contribution in [3.63, 3.8) is 0 Å². The number of hydrogen-bond acceptors (Lipinski definition) is 4. The first-order chi connectivity index (χ1) is 12.5. The molecule has 0 atom stereocenters. The number of fused-ring (bicyclic) bond motifs is 1. The summed E-state index contributed by atoms with van der Waals surface area (Å²) in [7, 11) is 0. The molecule has 0 aliphatic heterocycles. The van der Waals surface area contributed by atoms with Gasteiger partial charge in [-0.15, -0.1) is 0 Å². The average molecular weight is 454 g/mol. The zero-order valence-electron chi connectivity index (χ0n) is 13.7. The lowest BCUT2D eigenvalue weighted by Gasteiger charge is -2.06. The number of hydrogen-bond donors (Lipinski definition) is 0. The highest BCUT2D eigenvalue weighted by Crippen LogP contribution is 2.25. The summed E-state index contributed by atoms with van der Waals surface area (Å²) in [6.07, 6.45) is 0. The van der Waals surface area contributed by atoms with Gasteiger partial charge in [0.15, 0.2) is 4.80 Å². The summed E-state index contributed by atoms with van der Waals surface area (Å²) >= 11 is 11.0. The molecule has 0 saturated carbocycles. The molecule has 0 N–H and O–H groups in total. The minimum Gasteiger partial charge on any atom is -0.465 e. The number of rotatable bonds is 4. The number of carbonyl (C=O) groups is 2. The molecule has 0 bridgehead atoms. The van der Waals surface area contributed by atoms with E-state index in [9.17, 15) is 9.59 Å². The van der Waals surface area contributed by atoms with E-state index >= 15 is 0 Å². The van der Waals surface area contributed by atoms with Crippen LogP contribution in [0.4, 0.5) is 0 Å². The lowest BCUT2D eigenvalue weighted by Crippen LogP contribution is -2.23. The molecule has 26 heavy (non-hydrogen) atoms. The van der Waals surface area contributed by atoms with Crippen LogP contribution in [0.3, 0.4) is 0 Å². The number of esters is 1. The summed E-state index contributed by atoms with van der Waals surface area (Å²) in [5.41, 5.74) is 1.11. The van der Waals surface area contributed by atoms with Gasteiger partial charge in [-0.25, -0.2) is 0 Å². The molecule has 2 aromatic carbocycles. The van der Waals surface area contributed by atoms with Crippen LogP contribution in [0.2, 0.25) is 5.02 Å². The van der Waals surface area contributed by atoms with Crippen molar-refractivity contribution in [2.24, 2.45) is 4.99 Å². The molecule has 1 amide bonds. The topological polar surface area (TPSA) is 60.7 Å². The molecule has 3 rings (SSSR count). The summed E-state index contributed by atoms with van der Waals surface area (Å²) in [6.45, 7) is 1.95. The second-order valence-electron chi connectivity index (χ2n) is 5.29. The van der Waals surface area contributed by atoms with Crippen molar-refractivity contribution < 1.29 is 14.3 Å². The Bertz CT molecular complexity index is 1060. The number of benzene rings is 2. The van der Waals surface area contributed by atoms with Gasteiger partial charge in [0, 0.05) is 10.0 Å². The highest BCUT2D eigenvalue weighted by molar-refractivity contribution is 9.10. The molecule has 0 unspecified atom stereocenters. The smallest absolute Gasteiger partial charge is 0.326 e. The fraction of sp³-hybridized carbons (Fsp3) is 0.167. The number of aromatic nitrogens is 1. The van der Waals surface area contributed by atoms with E-state index < -0.39 is 11.9 Å². The molecule has 0 spiro atoms. The molecule has 0 saturated heterocycles. The fourth-order valence-corrected chi connectivity index (χ4v) is 4.21. The van der Waals surface area contributed by atoms with Crippen molar-refractivity contribution in [2.45, 2.75) is 13.5 Å². The van der Waals surface area contributed by atoms with E-state index in [1.807, 2.05) is 18.2 Å². The third-order valence-electron chi connectivity index (χ3n) is 3.51. The van der Waals surface area contributed by atoms with Crippen LogP contribution in [0.5, 0.6) is 0 Å². The Morgan fingerprint density at radius 3 is 2.77 bits per heavy atom. The number of thiazole rings is 1. The third kappa shape index (κ3) is 4.06. The first-order valence-electron chi connectivity index (χ1n) is 7.77. The molecule has 3 aromatic rings. The van der Waals surface area contributed by atoms with Gasteiger partial charge >= 0.3 is 5.97 Å². The highest BCUT2D eigenvalue weighted by Gasteiger charge is 2.15. The van der Waals surface area contributed by atoms with Crippen molar-refractivity contribution in [1.29, 1.82) is 0 Å². The number of nitrogens with zero attached hydrogens (tertiary/aromatic N) is 2. The summed E-state index contributed by atoms with van der Waals surface area (Å²) in [5, 5.41) is 0.486. The van der Waals surface area contributed by atoms with E-state index in [0.717, 1.165) is 9.17 Å². The number of carbonyl (C=O) groups excluding carboxylic acids is 2. The van der Waals surface area contributed by atoms with Gasteiger partial charge in [-0.2, -0.15) is 4.99 Å². The average Bonchev–Trinajstić information content (AvgIpc) is 2.93. The van der Waals surface area contributed by atoms with Crippen LogP contribution in [0, 0.1) is 0 Å². The zero-order chi connectivity index (χ0) is 18.7. The Balaban J connectivity index is 2.13. The van der Waals surface area contributed by atoms with Crippen molar-refractivity contribution >= 4 is 61.0 Å². The molecule has 0 aliphatic rings. The van der Waals surface area contributed by atoms with E-state index in [1.165, 1.54) is 11.3 Å². The summed E-state index contributed by atoms with van der Waals surface area (Å²) < 4.78 is 8.28. The monoisotopic (exact) mass is 452 g/mol. The van der Waals surface area contributed by atoms with Crippen LogP contribution in [0.1, 0.15) is 17.3 Å². The Morgan fingerprint density at radius 1 is 1.27 bits per heavy atom. The molecular formula is C18H14BrClN2O3S. The highest BCUT2D eigenvalue weighted by atomic mass is 79.9. The first kappa shape index (κ1) is 18.8. The van der Waals surface area contributed by atoms with E-state index in [0.29, 0.717) is 20.9 Å². The SMILES string of the molecule is CCOC(=O)Cn1c(=NC(=O)c2cccc(Br)c2)sc2cccc(Cl)c21. The van der Waals surface area contributed by atoms with E-state index in [2.05, 4.69) is 20.9 Å². The Hall–Kier alpha value is -1.96. The molecule has 0 fully saturated rings. The van der Waals surface area contributed by atoms with E-state index in [-0.39, 0.29) is 13.2 Å². The van der Waals surface area contributed by atoms with E-state index in [4.69, 9.17) is 16.3 Å². The second-order valence-corrected chi connectivity index (χ2v) is 7.62. The molecular weight excluding hydrogens is 440 g/mol. The normalized spacial score (nSPS) is 11.7. The minimum atomic E-state index is -0.413. The molecule has 5 nitrogen and oxygen atoms in total. The lowest BCUT2D eigenvalue weighted by molar-refractivity contribution is -0.143. The second kappa shape index (κ2) is 8.16. The van der Waals surface area contributed by atoms with E-state index in [1.54, 1.807) is 35.8 Å². The van der Waals surface area contributed by atoms with Gasteiger partial charge in [0.05, 0.1) is 21.8 Å². The molecule has 134 valence electrons. The summed E-state index contributed by atoms with van der Waals surface area (Å²) in [5.74, 6) is -0.810. The molecule has 0 aliphatic carbocycles. The molecule has 1 heterocycles. The van der Waals surface area contributed by atoms with Crippen molar-refractivity contribution in [3.05, 3.63) is 62.3 Å². The Kier molecular flexibility index (Phi) is 5.90. The molecule has 8 heteroatoms. The predicted octanol–water partition coefficient (Wildman–Crippen LogP) is 4.42. The number of para-hydroxylation sites is 1. The lowest BCUT2D eigenvalue weighted by atomic mass is 10.2. The number of ether oxygens (including phenoxy) is 1. The van der Waals surface area contributed by atoms with Crippen LogP contribution in [-0.2, 0) is 16.1 Å². The minimum absolute atomic E-state index is 0.0673. The number of halogens is 2. The van der Waals surface area contributed by atoms with Crippen LogP contribution >= 0.6 is 38.9 Å². The maximum absolute atomic E-state index is 12.5. The molecule has 0 radical (unpaired) electrons. The van der Waals surface area contributed by atoms with Crippen molar-refractivity contribution in [3.8, 4) is 0 Å². The Labute approximate surface area is 167 Å². The van der Waals surface area contributed by atoms with Gasteiger partial charge in [-0.05, 0) is 37.3 Å². The van der Waals surface area contributed by atoms with Gasteiger partial charge in [-0.1, -0.05) is 51.0 Å².